The van der Waals surface area contributed by atoms with E-state index in [4.69, 9.17) is 5.11 Å². The molecule has 0 amide bonds. The summed E-state index contributed by atoms with van der Waals surface area (Å²) in [6.45, 7) is 2.58. The lowest BCUT2D eigenvalue weighted by molar-refractivity contribution is -0.384. The molecule has 108 valence electrons. The molecule has 1 fully saturated rings. The van der Waals surface area contributed by atoms with E-state index in [2.05, 4.69) is 0 Å². The molecular formula is C13H15FN2O4. The van der Waals surface area contributed by atoms with Crippen molar-refractivity contribution in [2.24, 2.45) is 0 Å². The number of hydrogen-bond acceptors (Lipinski definition) is 4. The van der Waals surface area contributed by atoms with E-state index in [0.29, 0.717) is 12.6 Å². The number of carboxylic acid groups (broad SMARTS) is 1. The fraction of sp³-hybridized carbons (Fsp3) is 0.462. The topological polar surface area (TPSA) is 83.7 Å². The number of carbonyl (C=O) groups is 1. The van der Waals surface area contributed by atoms with Crippen molar-refractivity contribution >= 4 is 17.3 Å². The van der Waals surface area contributed by atoms with Crippen LogP contribution in [0.1, 0.15) is 36.5 Å². The molecule has 2 rings (SSSR count). The van der Waals surface area contributed by atoms with Crippen molar-refractivity contribution in [1.29, 1.82) is 0 Å². The lowest BCUT2D eigenvalue weighted by Crippen LogP contribution is -2.29. The molecule has 1 aliphatic heterocycles. The predicted molar refractivity (Wildman–Crippen MR) is 70.7 cm³/mol. The minimum atomic E-state index is -1.43. The van der Waals surface area contributed by atoms with Crippen molar-refractivity contribution in [1.82, 2.24) is 0 Å². The Hall–Kier alpha value is -2.18. The highest BCUT2D eigenvalue weighted by Gasteiger charge is 2.31. The van der Waals surface area contributed by atoms with Gasteiger partial charge in [0.15, 0.2) is 0 Å². The highest BCUT2D eigenvalue weighted by Crippen LogP contribution is 2.36. The van der Waals surface area contributed by atoms with E-state index in [1.54, 1.807) is 0 Å². The summed E-state index contributed by atoms with van der Waals surface area (Å²) in [6, 6.07) is 1.90. The lowest BCUT2D eigenvalue weighted by Gasteiger charge is -2.25. The summed E-state index contributed by atoms with van der Waals surface area (Å²) >= 11 is 0. The summed E-state index contributed by atoms with van der Waals surface area (Å²) in [6.07, 6.45) is 2.58. The first kappa shape index (κ1) is 14.2. The third-order valence-corrected chi connectivity index (χ3v) is 3.65. The van der Waals surface area contributed by atoms with Crippen LogP contribution in [0, 0.1) is 15.9 Å². The summed E-state index contributed by atoms with van der Waals surface area (Å²) in [5.41, 5.74) is -0.724. The first-order chi connectivity index (χ1) is 9.45. The number of nitro groups is 1. The highest BCUT2D eigenvalue weighted by atomic mass is 19.1. The Balaban J connectivity index is 2.56. The number of rotatable bonds is 4. The molecule has 1 heterocycles. The fourth-order valence-corrected chi connectivity index (χ4v) is 2.67. The Labute approximate surface area is 115 Å². The summed E-state index contributed by atoms with van der Waals surface area (Å²) < 4.78 is 13.6. The van der Waals surface area contributed by atoms with Crippen molar-refractivity contribution < 1.29 is 19.2 Å². The van der Waals surface area contributed by atoms with Gasteiger partial charge in [-0.2, -0.15) is 0 Å². The van der Waals surface area contributed by atoms with Crippen LogP contribution in [0.5, 0.6) is 0 Å². The summed E-state index contributed by atoms with van der Waals surface area (Å²) in [4.78, 5) is 23.2. The maximum absolute atomic E-state index is 13.6. The maximum Gasteiger partial charge on any atom is 0.338 e. The zero-order chi connectivity index (χ0) is 14.9. The van der Waals surface area contributed by atoms with E-state index in [0.717, 1.165) is 25.3 Å². The molecule has 1 atom stereocenters. The molecule has 0 radical (unpaired) electrons. The average Bonchev–Trinajstić information content (AvgIpc) is 2.85. The quantitative estimate of drug-likeness (QED) is 0.678. The molecule has 0 saturated carbocycles. The Morgan fingerprint density at radius 2 is 2.30 bits per heavy atom. The SMILES string of the molecule is CCC1CCCN1c1cc(C(=O)O)c(F)cc1[N+](=O)[O-]. The molecule has 1 N–H and O–H groups in total. The molecule has 1 aliphatic rings. The number of nitrogens with zero attached hydrogens (tertiary/aromatic N) is 2. The van der Waals surface area contributed by atoms with Gasteiger partial charge in [0.2, 0.25) is 0 Å². The number of carboxylic acids is 1. The molecule has 1 saturated heterocycles. The van der Waals surface area contributed by atoms with Gasteiger partial charge in [-0.1, -0.05) is 6.92 Å². The van der Waals surface area contributed by atoms with Gasteiger partial charge in [0.25, 0.3) is 5.69 Å². The van der Waals surface area contributed by atoms with Crippen LogP contribution in [0.15, 0.2) is 12.1 Å². The second-order valence-electron chi connectivity index (χ2n) is 4.78. The first-order valence-electron chi connectivity index (χ1n) is 6.43. The summed E-state index contributed by atoms with van der Waals surface area (Å²) in [5, 5.41) is 20.0. The van der Waals surface area contributed by atoms with Crippen LogP contribution < -0.4 is 4.90 Å². The Morgan fingerprint density at radius 3 is 2.85 bits per heavy atom. The highest BCUT2D eigenvalue weighted by molar-refractivity contribution is 5.90. The van der Waals surface area contributed by atoms with Crippen molar-refractivity contribution in [3.63, 3.8) is 0 Å². The first-order valence-corrected chi connectivity index (χ1v) is 6.43. The van der Waals surface area contributed by atoms with E-state index in [1.807, 2.05) is 11.8 Å². The van der Waals surface area contributed by atoms with Crippen LogP contribution >= 0.6 is 0 Å². The van der Waals surface area contributed by atoms with Gasteiger partial charge in [-0.25, -0.2) is 9.18 Å². The minimum Gasteiger partial charge on any atom is -0.478 e. The molecular weight excluding hydrogens is 267 g/mol. The number of hydrogen-bond donors (Lipinski definition) is 1. The molecule has 0 aromatic heterocycles. The van der Waals surface area contributed by atoms with Crippen molar-refractivity contribution in [3.05, 3.63) is 33.6 Å². The van der Waals surface area contributed by atoms with Crippen LogP contribution in [0.4, 0.5) is 15.8 Å². The van der Waals surface area contributed by atoms with Crippen LogP contribution in [0.25, 0.3) is 0 Å². The second kappa shape index (κ2) is 5.44. The third-order valence-electron chi connectivity index (χ3n) is 3.65. The van der Waals surface area contributed by atoms with Gasteiger partial charge in [0.05, 0.1) is 16.6 Å². The molecule has 0 bridgehead atoms. The second-order valence-corrected chi connectivity index (χ2v) is 4.78. The normalized spacial score (nSPS) is 18.3. The molecule has 1 unspecified atom stereocenters. The van der Waals surface area contributed by atoms with Gasteiger partial charge in [-0.05, 0) is 25.3 Å². The Morgan fingerprint density at radius 1 is 1.60 bits per heavy atom. The van der Waals surface area contributed by atoms with Crippen LogP contribution in [0.2, 0.25) is 0 Å². The molecule has 1 aromatic carbocycles. The van der Waals surface area contributed by atoms with Crippen molar-refractivity contribution in [3.8, 4) is 0 Å². The standard InChI is InChI=1S/C13H15FN2O4/c1-2-8-4-3-5-15(8)11-6-9(13(17)18)10(14)7-12(11)16(19)20/h6-8H,2-5H2,1H3,(H,17,18). The molecule has 0 spiro atoms. The Kier molecular flexibility index (Phi) is 3.87. The van der Waals surface area contributed by atoms with E-state index in [9.17, 15) is 19.3 Å². The smallest absolute Gasteiger partial charge is 0.338 e. The van der Waals surface area contributed by atoms with Crippen LogP contribution in [-0.2, 0) is 0 Å². The number of nitro benzene ring substituents is 1. The Bertz CT molecular complexity index is 562. The van der Waals surface area contributed by atoms with Gasteiger partial charge < -0.3 is 10.0 Å². The minimum absolute atomic E-state index is 0.126. The average molecular weight is 282 g/mol. The molecule has 1 aromatic rings. The van der Waals surface area contributed by atoms with Crippen LogP contribution in [-0.4, -0.2) is 28.6 Å². The number of benzene rings is 1. The largest absolute Gasteiger partial charge is 0.478 e. The summed E-state index contributed by atoms with van der Waals surface area (Å²) in [7, 11) is 0. The van der Waals surface area contributed by atoms with Gasteiger partial charge in [-0.3, -0.25) is 10.1 Å². The van der Waals surface area contributed by atoms with E-state index in [-0.39, 0.29) is 17.4 Å². The molecule has 20 heavy (non-hydrogen) atoms. The van der Waals surface area contributed by atoms with Gasteiger partial charge >= 0.3 is 5.97 Å². The van der Waals surface area contributed by atoms with E-state index >= 15 is 0 Å². The summed E-state index contributed by atoms with van der Waals surface area (Å²) in [5.74, 6) is -2.51. The van der Waals surface area contributed by atoms with Crippen molar-refractivity contribution in [2.45, 2.75) is 32.2 Å². The maximum atomic E-state index is 13.6. The zero-order valence-electron chi connectivity index (χ0n) is 11.0. The number of halogens is 1. The zero-order valence-corrected chi connectivity index (χ0v) is 11.0. The van der Waals surface area contributed by atoms with E-state index < -0.39 is 22.3 Å². The molecule has 0 aliphatic carbocycles. The van der Waals surface area contributed by atoms with Gasteiger partial charge in [-0.15, -0.1) is 0 Å². The van der Waals surface area contributed by atoms with Gasteiger partial charge in [0, 0.05) is 12.6 Å². The number of aromatic carboxylic acids is 1. The third kappa shape index (κ3) is 2.43. The predicted octanol–water partition coefficient (Wildman–Crippen LogP) is 2.81. The van der Waals surface area contributed by atoms with Crippen molar-refractivity contribution in [2.75, 3.05) is 11.4 Å². The lowest BCUT2D eigenvalue weighted by atomic mass is 10.1. The number of anilines is 1. The molecule has 7 heteroatoms. The van der Waals surface area contributed by atoms with Gasteiger partial charge in [0.1, 0.15) is 11.5 Å². The fourth-order valence-electron chi connectivity index (χ4n) is 2.67. The van der Waals surface area contributed by atoms with Crippen LogP contribution in [0.3, 0.4) is 0 Å². The molecule has 6 nitrogen and oxygen atoms in total. The monoisotopic (exact) mass is 282 g/mol. The van der Waals surface area contributed by atoms with E-state index in [1.165, 1.54) is 0 Å².